The van der Waals surface area contributed by atoms with Crippen molar-refractivity contribution in [3.8, 4) is 0 Å². The number of hydrogen-bond donors (Lipinski definition) is 0. The molecule has 2 amide bonds. The van der Waals surface area contributed by atoms with Crippen molar-refractivity contribution in [1.29, 1.82) is 0 Å². The highest BCUT2D eigenvalue weighted by molar-refractivity contribution is 5.92. The van der Waals surface area contributed by atoms with Crippen molar-refractivity contribution in [1.82, 2.24) is 19.6 Å². The Morgan fingerprint density at radius 2 is 1.63 bits per heavy atom. The summed E-state index contributed by atoms with van der Waals surface area (Å²) in [6.07, 6.45) is 0.907. The maximum absolute atomic E-state index is 12.7. The minimum atomic E-state index is -0.251. The topological polar surface area (TPSA) is 75.5 Å². The van der Waals surface area contributed by atoms with Crippen LogP contribution in [0.5, 0.6) is 0 Å². The molecule has 2 heterocycles. The van der Waals surface area contributed by atoms with Crippen molar-refractivity contribution in [2.45, 2.75) is 12.3 Å². The van der Waals surface area contributed by atoms with Gasteiger partial charge in [0.25, 0.3) is 11.5 Å². The van der Waals surface area contributed by atoms with E-state index in [4.69, 9.17) is 0 Å². The molecule has 27 heavy (non-hydrogen) atoms. The molecular weight excluding hydrogens is 344 g/mol. The number of carbonyl (C=O) groups is 2. The Morgan fingerprint density at radius 3 is 2.30 bits per heavy atom. The van der Waals surface area contributed by atoms with Crippen LogP contribution in [0.2, 0.25) is 0 Å². The average molecular weight is 366 g/mol. The molecule has 4 rings (SSSR count). The summed E-state index contributed by atoms with van der Waals surface area (Å²) in [5, 5.41) is 4.02. The lowest BCUT2D eigenvalue weighted by atomic mass is 10.1. The monoisotopic (exact) mass is 366 g/mol. The summed E-state index contributed by atoms with van der Waals surface area (Å²) in [5.74, 6) is 0.385. The molecule has 2 aromatic rings. The fourth-order valence-corrected chi connectivity index (χ4v) is 3.68. The van der Waals surface area contributed by atoms with Gasteiger partial charge in [-0.25, -0.2) is 4.68 Å². The van der Waals surface area contributed by atoms with Gasteiger partial charge in [-0.2, -0.15) is 5.10 Å². The Labute approximate surface area is 157 Å². The number of amides is 2. The van der Waals surface area contributed by atoms with Gasteiger partial charge in [-0.15, -0.1) is 0 Å². The number of hydrogen-bond acceptors (Lipinski definition) is 4. The zero-order chi connectivity index (χ0) is 19.0. The fourth-order valence-electron chi connectivity index (χ4n) is 3.68. The third-order valence-corrected chi connectivity index (χ3v) is 5.39. The summed E-state index contributed by atoms with van der Waals surface area (Å²) in [5.41, 5.74) is 1.23. The zero-order valence-electron chi connectivity index (χ0n) is 15.2. The van der Waals surface area contributed by atoms with Crippen LogP contribution in [0.25, 0.3) is 0 Å². The SMILES string of the molecule is Cn1nc(C(=O)N2CCN(C(=O)C3CC3c3ccccc3)CC2)ccc1=O. The lowest BCUT2D eigenvalue weighted by Crippen LogP contribution is -2.51. The van der Waals surface area contributed by atoms with Gasteiger partial charge in [-0.1, -0.05) is 30.3 Å². The minimum absolute atomic E-state index is 0.0694. The lowest BCUT2D eigenvalue weighted by molar-refractivity contribution is -0.134. The number of nitrogens with zero attached hydrogens (tertiary/aromatic N) is 4. The average Bonchev–Trinajstić information content (AvgIpc) is 3.51. The molecule has 140 valence electrons. The molecule has 0 bridgehead atoms. The predicted molar refractivity (Wildman–Crippen MR) is 99.3 cm³/mol. The Morgan fingerprint density at radius 1 is 0.963 bits per heavy atom. The highest BCUT2D eigenvalue weighted by Crippen LogP contribution is 2.48. The van der Waals surface area contributed by atoms with E-state index in [9.17, 15) is 14.4 Å². The van der Waals surface area contributed by atoms with Crippen LogP contribution in [0.3, 0.4) is 0 Å². The van der Waals surface area contributed by atoms with Crippen LogP contribution in [0.15, 0.2) is 47.3 Å². The first-order chi connectivity index (χ1) is 13.0. The number of aromatic nitrogens is 2. The normalized spacial score (nSPS) is 21.8. The summed E-state index contributed by atoms with van der Waals surface area (Å²) in [7, 11) is 1.52. The van der Waals surface area contributed by atoms with Crippen LogP contribution in [0.4, 0.5) is 0 Å². The van der Waals surface area contributed by atoms with Crippen LogP contribution >= 0.6 is 0 Å². The van der Waals surface area contributed by atoms with Crippen molar-refractivity contribution in [3.05, 3.63) is 64.1 Å². The third kappa shape index (κ3) is 3.49. The van der Waals surface area contributed by atoms with Gasteiger partial charge in [-0.3, -0.25) is 14.4 Å². The Hall–Kier alpha value is -2.96. The molecule has 0 spiro atoms. The molecule has 0 N–H and O–H groups in total. The van der Waals surface area contributed by atoms with E-state index in [2.05, 4.69) is 17.2 Å². The number of rotatable bonds is 3. The molecule has 7 heteroatoms. The van der Waals surface area contributed by atoms with E-state index in [0.29, 0.717) is 32.1 Å². The van der Waals surface area contributed by atoms with Crippen LogP contribution in [0, 0.1) is 5.92 Å². The van der Waals surface area contributed by atoms with Gasteiger partial charge in [0, 0.05) is 45.2 Å². The second-order valence-electron chi connectivity index (χ2n) is 7.16. The lowest BCUT2D eigenvalue weighted by Gasteiger charge is -2.34. The van der Waals surface area contributed by atoms with Gasteiger partial charge in [0.2, 0.25) is 5.91 Å². The number of carbonyl (C=O) groups excluding carboxylic acids is 2. The molecule has 2 unspecified atom stereocenters. The second-order valence-corrected chi connectivity index (χ2v) is 7.16. The van der Waals surface area contributed by atoms with Crippen molar-refractivity contribution >= 4 is 11.8 Å². The van der Waals surface area contributed by atoms with Crippen LogP contribution < -0.4 is 5.56 Å². The molecule has 1 saturated carbocycles. The first-order valence-corrected chi connectivity index (χ1v) is 9.22. The van der Waals surface area contributed by atoms with Crippen molar-refractivity contribution in [3.63, 3.8) is 0 Å². The van der Waals surface area contributed by atoms with Crippen LogP contribution in [-0.2, 0) is 11.8 Å². The van der Waals surface area contributed by atoms with Gasteiger partial charge < -0.3 is 9.80 Å². The molecule has 1 saturated heterocycles. The maximum atomic E-state index is 12.7. The fraction of sp³-hybridized carbons (Fsp3) is 0.400. The van der Waals surface area contributed by atoms with E-state index in [1.807, 2.05) is 23.1 Å². The first-order valence-electron chi connectivity index (χ1n) is 9.22. The molecule has 0 radical (unpaired) electrons. The standard InChI is InChI=1S/C20H22N4O3/c1-22-18(25)8-7-17(21-22)20(27)24-11-9-23(10-12-24)19(26)16-13-15(16)14-5-3-2-4-6-14/h2-8,15-16H,9-13H2,1H3. The highest BCUT2D eigenvalue weighted by atomic mass is 16.2. The molecule has 1 aliphatic heterocycles. The molecule has 1 aromatic carbocycles. The highest BCUT2D eigenvalue weighted by Gasteiger charge is 2.46. The van der Waals surface area contributed by atoms with Gasteiger partial charge in [0.15, 0.2) is 0 Å². The van der Waals surface area contributed by atoms with Crippen LogP contribution in [0.1, 0.15) is 28.4 Å². The molecule has 2 fully saturated rings. The van der Waals surface area contributed by atoms with Gasteiger partial charge in [0.05, 0.1) is 0 Å². The van der Waals surface area contributed by atoms with E-state index in [1.165, 1.54) is 24.7 Å². The van der Waals surface area contributed by atoms with E-state index in [-0.39, 0.29) is 29.0 Å². The number of benzene rings is 1. The van der Waals surface area contributed by atoms with Crippen LogP contribution in [-0.4, -0.2) is 57.6 Å². The number of aryl methyl sites for hydroxylation is 1. The summed E-state index contributed by atoms with van der Waals surface area (Å²) in [4.78, 5) is 40.3. The Balaban J connectivity index is 1.34. The van der Waals surface area contributed by atoms with Crippen molar-refractivity contribution in [2.75, 3.05) is 26.2 Å². The van der Waals surface area contributed by atoms with Crippen molar-refractivity contribution < 1.29 is 9.59 Å². The summed E-state index contributed by atoms with van der Waals surface area (Å²) < 4.78 is 1.16. The Kier molecular flexibility index (Phi) is 4.51. The number of piperazine rings is 1. The van der Waals surface area contributed by atoms with E-state index < -0.39 is 0 Å². The minimum Gasteiger partial charge on any atom is -0.339 e. The maximum Gasteiger partial charge on any atom is 0.274 e. The first kappa shape index (κ1) is 17.5. The van der Waals surface area contributed by atoms with Crippen molar-refractivity contribution in [2.24, 2.45) is 13.0 Å². The van der Waals surface area contributed by atoms with Gasteiger partial charge in [0.1, 0.15) is 5.69 Å². The molecule has 7 nitrogen and oxygen atoms in total. The third-order valence-electron chi connectivity index (χ3n) is 5.39. The summed E-state index contributed by atoms with van der Waals surface area (Å²) in [6.45, 7) is 2.04. The summed E-state index contributed by atoms with van der Waals surface area (Å²) >= 11 is 0. The van der Waals surface area contributed by atoms with E-state index in [1.54, 1.807) is 4.90 Å². The van der Waals surface area contributed by atoms with E-state index in [0.717, 1.165) is 11.1 Å². The van der Waals surface area contributed by atoms with E-state index >= 15 is 0 Å². The molecular formula is C20H22N4O3. The molecule has 2 aliphatic rings. The smallest absolute Gasteiger partial charge is 0.274 e. The molecule has 2 atom stereocenters. The second kappa shape index (κ2) is 6.98. The Bertz CT molecular complexity index is 916. The van der Waals surface area contributed by atoms with Gasteiger partial charge >= 0.3 is 0 Å². The van der Waals surface area contributed by atoms with Gasteiger partial charge in [-0.05, 0) is 24.0 Å². The molecule has 1 aromatic heterocycles. The quantitative estimate of drug-likeness (QED) is 0.808. The summed E-state index contributed by atoms with van der Waals surface area (Å²) in [6, 6.07) is 13.0. The molecule has 1 aliphatic carbocycles. The zero-order valence-corrected chi connectivity index (χ0v) is 15.2. The predicted octanol–water partition coefficient (Wildman–Crippen LogP) is 0.868. The largest absolute Gasteiger partial charge is 0.339 e.